The Morgan fingerprint density at radius 1 is 1.06 bits per heavy atom. The third-order valence-electron chi connectivity index (χ3n) is 4.72. The van der Waals surface area contributed by atoms with Crippen molar-refractivity contribution in [3.63, 3.8) is 0 Å². The molecule has 1 heterocycles. The Morgan fingerprint density at radius 3 is 2.53 bits per heavy atom. The first-order valence-corrected chi connectivity index (χ1v) is 9.42. The van der Waals surface area contributed by atoms with Gasteiger partial charge in [-0.2, -0.15) is 0 Å². The molecule has 0 bridgehead atoms. The molecular weight excluding hydrogens is 417 g/mol. The van der Waals surface area contributed by atoms with Crippen LogP contribution in [0, 0.1) is 10.1 Å². The number of non-ortho nitro benzene ring substituents is 1. The summed E-state index contributed by atoms with van der Waals surface area (Å²) in [5.74, 6) is -0.301. The van der Waals surface area contributed by atoms with E-state index in [1.54, 1.807) is 48.5 Å². The van der Waals surface area contributed by atoms with Crippen LogP contribution in [-0.2, 0) is 6.54 Å². The first-order chi connectivity index (χ1) is 15.4. The third kappa shape index (κ3) is 4.40. The summed E-state index contributed by atoms with van der Waals surface area (Å²) in [6.45, 7) is 0.222. The molecule has 0 fully saturated rings. The van der Waals surface area contributed by atoms with Gasteiger partial charge in [-0.1, -0.05) is 24.3 Å². The van der Waals surface area contributed by atoms with Crippen molar-refractivity contribution in [3.05, 3.63) is 81.9 Å². The van der Waals surface area contributed by atoms with Gasteiger partial charge in [0.15, 0.2) is 5.52 Å². The van der Waals surface area contributed by atoms with E-state index in [9.17, 15) is 25.0 Å². The van der Waals surface area contributed by atoms with E-state index in [0.29, 0.717) is 22.4 Å². The zero-order valence-electron chi connectivity index (χ0n) is 16.4. The van der Waals surface area contributed by atoms with Crippen molar-refractivity contribution in [2.24, 2.45) is 0 Å². The molecule has 4 N–H and O–H groups in total. The van der Waals surface area contributed by atoms with Gasteiger partial charge in [0.2, 0.25) is 5.52 Å². The first kappa shape index (κ1) is 21.0. The topological polar surface area (TPSA) is 164 Å². The summed E-state index contributed by atoms with van der Waals surface area (Å²) < 4.78 is 4.64. The number of nitro groups is 1. The highest BCUT2D eigenvalue weighted by Gasteiger charge is 2.19. The van der Waals surface area contributed by atoms with Crippen molar-refractivity contribution in [2.75, 3.05) is 5.32 Å². The lowest BCUT2D eigenvalue weighted by molar-refractivity contribution is -0.383. The van der Waals surface area contributed by atoms with Gasteiger partial charge in [0, 0.05) is 23.9 Å². The number of nitrogens with zero attached hydrogens (tertiary/aromatic N) is 3. The number of carbonyl (C=O) groups excluding carboxylic acids is 1. The van der Waals surface area contributed by atoms with Gasteiger partial charge in [-0.3, -0.25) is 14.9 Å². The van der Waals surface area contributed by atoms with Crippen LogP contribution in [0.1, 0.15) is 15.9 Å². The normalized spacial score (nSPS) is 10.7. The zero-order chi connectivity index (χ0) is 22.7. The molecule has 0 spiro atoms. The van der Waals surface area contributed by atoms with Crippen molar-refractivity contribution >= 4 is 46.6 Å². The fraction of sp³-hybridized carbons (Fsp3) is 0.0500. The quantitative estimate of drug-likeness (QED) is 0.192. The summed E-state index contributed by atoms with van der Waals surface area (Å²) in [7, 11) is -1.57. The van der Waals surface area contributed by atoms with E-state index in [1.807, 2.05) is 0 Å². The van der Waals surface area contributed by atoms with Crippen LogP contribution in [0.3, 0.4) is 0 Å². The van der Waals surface area contributed by atoms with E-state index >= 15 is 0 Å². The molecule has 1 aromatic heterocycles. The lowest BCUT2D eigenvalue weighted by atomic mass is 9.79. The first-order valence-electron chi connectivity index (χ1n) is 9.42. The summed E-state index contributed by atoms with van der Waals surface area (Å²) in [6.07, 6.45) is 0. The zero-order valence-corrected chi connectivity index (χ0v) is 16.4. The van der Waals surface area contributed by atoms with Crippen molar-refractivity contribution < 1.29 is 24.4 Å². The highest BCUT2D eigenvalue weighted by Crippen LogP contribution is 2.30. The van der Waals surface area contributed by atoms with Crippen LogP contribution in [0.4, 0.5) is 17.1 Å². The third-order valence-corrected chi connectivity index (χ3v) is 4.72. The van der Waals surface area contributed by atoms with Crippen LogP contribution in [0.25, 0.3) is 11.0 Å². The average Bonchev–Trinajstić information content (AvgIpc) is 3.28. The molecule has 0 unspecified atom stereocenters. The van der Waals surface area contributed by atoms with Crippen molar-refractivity contribution in [2.45, 2.75) is 6.54 Å². The second-order valence-electron chi connectivity index (χ2n) is 6.85. The molecule has 11 nitrogen and oxygen atoms in total. The van der Waals surface area contributed by atoms with Crippen LogP contribution < -0.4 is 16.1 Å². The Labute approximate surface area is 180 Å². The molecule has 0 atom stereocenters. The molecule has 32 heavy (non-hydrogen) atoms. The molecule has 0 radical (unpaired) electrons. The Hall–Kier alpha value is -4.29. The molecule has 12 heteroatoms. The maximum atomic E-state index is 12.4. The molecule has 0 saturated carbocycles. The van der Waals surface area contributed by atoms with E-state index < -0.39 is 12.0 Å². The minimum Gasteiger partial charge on any atom is -0.423 e. The maximum absolute atomic E-state index is 12.4. The van der Waals surface area contributed by atoms with Crippen LogP contribution in [0.2, 0.25) is 0 Å². The summed E-state index contributed by atoms with van der Waals surface area (Å²) in [5.41, 5.74) is 2.63. The molecule has 0 aliphatic rings. The summed E-state index contributed by atoms with van der Waals surface area (Å²) in [5, 5.41) is 42.7. The van der Waals surface area contributed by atoms with Crippen LogP contribution in [0.5, 0.6) is 0 Å². The minimum absolute atomic E-state index is 0.0359. The fourth-order valence-electron chi connectivity index (χ4n) is 3.11. The fourth-order valence-corrected chi connectivity index (χ4v) is 3.11. The van der Waals surface area contributed by atoms with Gasteiger partial charge in [0.1, 0.15) is 0 Å². The molecule has 160 valence electrons. The van der Waals surface area contributed by atoms with Crippen molar-refractivity contribution in [1.82, 2.24) is 15.6 Å². The van der Waals surface area contributed by atoms with Gasteiger partial charge < -0.3 is 20.7 Å². The Bertz CT molecular complexity index is 1290. The molecule has 1 amide bonds. The predicted octanol–water partition coefficient (Wildman–Crippen LogP) is 1.48. The van der Waals surface area contributed by atoms with Gasteiger partial charge in [-0.15, -0.1) is 0 Å². The van der Waals surface area contributed by atoms with Gasteiger partial charge in [-0.25, -0.2) is 4.63 Å². The standard InChI is InChI=1S/C20H16BN5O6/c27-20(22-11-12-2-1-3-14(10-12)21(28)29)13-4-6-15(7-5-13)23-16-8-9-17(26(30)31)19-18(16)24-32-25-19/h1-10,23,28-29H,11H2,(H,22,27). The minimum atomic E-state index is -1.57. The maximum Gasteiger partial charge on any atom is 0.488 e. The van der Waals surface area contributed by atoms with Gasteiger partial charge in [-0.05, 0) is 51.7 Å². The SMILES string of the molecule is O=C(NCc1cccc(B(O)O)c1)c1ccc(Nc2ccc([N+](=O)[O-])c3nonc23)cc1. The number of benzene rings is 3. The Balaban J connectivity index is 1.43. The number of rotatable bonds is 7. The molecule has 3 aromatic carbocycles. The van der Waals surface area contributed by atoms with E-state index in [4.69, 9.17) is 0 Å². The van der Waals surface area contributed by atoms with E-state index in [2.05, 4.69) is 25.6 Å². The Morgan fingerprint density at radius 2 is 1.81 bits per heavy atom. The summed E-state index contributed by atoms with van der Waals surface area (Å²) in [4.78, 5) is 22.9. The Kier molecular flexibility index (Phi) is 5.79. The molecule has 4 aromatic rings. The number of amides is 1. The van der Waals surface area contributed by atoms with Gasteiger partial charge >= 0.3 is 12.8 Å². The highest BCUT2D eigenvalue weighted by molar-refractivity contribution is 6.58. The highest BCUT2D eigenvalue weighted by atomic mass is 16.6. The van der Waals surface area contributed by atoms with Gasteiger partial charge in [0.05, 0.1) is 10.6 Å². The van der Waals surface area contributed by atoms with E-state index in [0.717, 1.165) is 5.56 Å². The van der Waals surface area contributed by atoms with Crippen LogP contribution in [-0.4, -0.2) is 38.3 Å². The number of aromatic nitrogens is 2. The summed E-state index contributed by atoms with van der Waals surface area (Å²) >= 11 is 0. The average molecular weight is 433 g/mol. The molecule has 0 aliphatic heterocycles. The molecular formula is C20H16BN5O6. The number of anilines is 2. The second-order valence-corrected chi connectivity index (χ2v) is 6.85. The van der Waals surface area contributed by atoms with E-state index in [-0.39, 0.29) is 29.2 Å². The lowest BCUT2D eigenvalue weighted by Gasteiger charge is -2.09. The largest absolute Gasteiger partial charge is 0.488 e. The van der Waals surface area contributed by atoms with Gasteiger partial charge in [0.25, 0.3) is 5.91 Å². The van der Waals surface area contributed by atoms with E-state index in [1.165, 1.54) is 12.1 Å². The van der Waals surface area contributed by atoms with Crippen LogP contribution in [0.15, 0.2) is 65.3 Å². The van der Waals surface area contributed by atoms with Crippen molar-refractivity contribution in [1.29, 1.82) is 0 Å². The number of carbonyl (C=O) groups is 1. The molecule has 4 rings (SSSR count). The number of fused-ring (bicyclic) bond motifs is 1. The number of nitro benzene ring substituents is 1. The smallest absolute Gasteiger partial charge is 0.423 e. The molecule has 0 aliphatic carbocycles. The number of hydrogen-bond donors (Lipinski definition) is 4. The molecule has 0 saturated heterocycles. The predicted molar refractivity (Wildman–Crippen MR) is 116 cm³/mol. The van der Waals surface area contributed by atoms with Crippen LogP contribution >= 0.6 is 0 Å². The number of hydrogen-bond acceptors (Lipinski definition) is 9. The second kappa shape index (κ2) is 8.84. The monoisotopic (exact) mass is 433 g/mol. The summed E-state index contributed by atoms with van der Waals surface area (Å²) in [6, 6.07) is 16.0. The van der Waals surface area contributed by atoms with Crippen molar-refractivity contribution in [3.8, 4) is 0 Å². The number of nitrogens with one attached hydrogen (secondary N) is 2. The lowest BCUT2D eigenvalue weighted by Crippen LogP contribution is -2.30.